The van der Waals surface area contributed by atoms with Crippen molar-refractivity contribution in [3.05, 3.63) is 36.6 Å². The van der Waals surface area contributed by atoms with Gasteiger partial charge in [-0.2, -0.15) is 0 Å². The average Bonchev–Trinajstić information content (AvgIpc) is 2.50. The van der Waals surface area contributed by atoms with Gasteiger partial charge in [-0.25, -0.2) is 0 Å². The smallest absolute Gasteiger partial charge is 0.0791 e. The van der Waals surface area contributed by atoms with Crippen molar-refractivity contribution in [2.45, 2.75) is 90.4 Å². The third-order valence-electron chi connectivity index (χ3n) is 3.78. The van der Waals surface area contributed by atoms with Gasteiger partial charge in [0.2, 0.25) is 0 Å². The molecule has 0 aromatic rings. The van der Waals surface area contributed by atoms with Crippen LogP contribution in [0.5, 0.6) is 0 Å². The molecule has 1 N–H and O–H groups in total. The van der Waals surface area contributed by atoms with Crippen molar-refractivity contribution in [3.63, 3.8) is 0 Å². The molecule has 122 valence electrons. The van der Waals surface area contributed by atoms with Crippen molar-refractivity contribution in [1.29, 1.82) is 0 Å². The van der Waals surface area contributed by atoms with Crippen LogP contribution in [-0.4, -0.2) is 5.11 Å². The molecule has 0 aliphatic heterocycles. The van der Waals surface area contributed by atoms with Gasteiger partial charge in [0.05, 0.1) is 6.26 Å². The Morgan fingerprint density at radius 3 is 1.57 bits per heavy atom. The van der Waals surface area contributed by atoms with Crippen molar-refractivity contribution >= 4 is 0 Å². The number of unbranched alkanes of at least 4 members (excludes halogenated alkanes) is 12. The summed E-state index contributed by atoms with van der Waals surface area (Å²) in [5, 5.41) is 8.44. The average molecular weight is 293 g/mol. The Kier molecular flexibility index (Phi) is 18.1. The van der Waals surface area contributed by atoms with Crippen LogP contribution in [0, 0.1) is 0 Å². The molecule has 0 saturated heterocycles. The van der Waals surface area contributed by atoms with Crippen molar-refractivity contribution < 1.29 is 5.11 Å². The minimum absolute atomic E-state index is 1.05. The summed E-state index contributed by atoms with van der Waals surface area (Å²) in [6, 6.07) is 0. The van der Waals surface area contributed by atoms with Crippen molar-refractivity contribution in [3.8, 4) is 0 Å². The molecule has 0 saturated carbocycles. The molecule has 0 fully saturated rings. The minimum atomic E-state index is 1.05. The third kappa shape index (κ3) is 19.0. The van der Waals surface area contributed by atoms with Crippen LogP contribution in [0.3, 0.4) is 0 Å². The summed E-state index contributed by atoms with van der Waals surface area (Å²) in [4.78, 5) is 0. The molecule has 0 atom stereocenters. The maximum atomic E-state index is 8.44. The monoisotopic (exact) mass is 292 g/mol. The van der Waals surface area contributed by atoms with Crippen molar-refractivity contribution in [2.24, 2.45) is 0 Å². The van der Waals surface area contributed by atoms with E-state index in [1.54, 1.807) is 6.08 Å². The molecule has 0 aliphatic rings. The van der Waals surface area contributed by atoms with Crippen molar-refractivity contribution in [1.82, 2.24) is 0 Å². The second kappa shape index (κ2) is 19.0. The van der Waals surface area contributed by atoms with E-state index in [1.807, 2.05) is 12.2 Å². The first-order valence-corrected chi connectivity index (χ1v) is 9.04. The molecule has 0 rings (SSSR count). The molecule has 0 heterocycles. The highest BCUT2D eigenvalue weighted by Gasteiger charge is 1.92. The Bertz CT molecular complexity index is 263. The second-order valence-corrected chi connectivity index (χ2v) is 5.83. The summed E-state index contributed by atoms with van der Waals surface area (Å²) < 4.78 is 0. The van der Waals surface area contributed by atoms with Gasteiger partial charge in [-0.05, 0) is 18.9 Å². The summed E-state index contributed by atoms with van der Waals surface area (Å²) >= 11 is 0. The van der Waals surface area contributed by atoms with Crippen molar-refractivity contribution in [2.75, 3.05) is 0 Å². The van der Waals surface area contributed by atoms with E-state index in [0.29, 0.717) is 0 Å². The van der Waals surface area contributed by atoms with Crippen LogP contribution in [0.4, 0.5) is 0 Å². The predicted octanol–water partition coefficient (Wildman–Crippen LogP) is 7.26. The SMILES string of the molecule is CCCCCCCCCCCCCC/C=C/C=C/C=C/O. The minimum Gasteiger partial charge on any atom is -0.516 e. The summed E-state index contributed by atoms with van der Waals surface area (Å²) in [5.41, 5.74) is 0. The number of rotatable bonds is 15. The topological polar surface area (TPSA) is 20.2 Å². The molecular formula is C20H36O. The second-order valence-electron chi connectivity index (χ2n) is 5.83. The summed E-state index contributed by atoms with van der Waals surface area (Å²) in [7, 11) is 0. The van der Waals surface area contributed by atoms with Gasteiger partial charge < -0.3 is 5.11 Å². The molecule has 1 heteroatoms. The van der Waals surface area contributed by atoms with Crippen LogP contribution in [0.1, 0.15) is 90.4 Å². The fourth-order valence-corrected chi connectivity index (χ4v) is 2.46. The van der Waals surface area contributed by atoms with Crippen LogP contribution >= 0.6 is 0 Å². The number of aliphatic hydroxyl groups is 1. The normalized spacial score (nSPS) is 12.2. The van der Waals surface area contributed by atoms with Gasteiger partial charge in [-0.1, -0.05) is 102 Å². The van der Waals surface area contributed by atoms with Gasteiger partial charge in [-0.15, -0.1) is 0 Å². The Labute approximate surface area is 132 Å². The maximum Gasteiger partial charge on any atom is 0.0791 e. The Hall–Kier alpha value is -0.980. The standard InChI is InChI=1S/C20H36O/c1-2-3-4-5-6-7-8-9-10-11-12-13-14-15-16-17-18-19-20-21/h15-21H,2-14H2,1H3/b16-15+,18-17+,20-19+. The summed E-state index contributed by atoms with van der Waals surface area (Å²) in [6.07, 6.45) is 28.8. The van der Waals surface area contributed by atoms with Crippen LogP contribution in [0.2, 0.25) is 0 Å². The van der Waals surface area contributed by atoms with Gasteiger partial charge in [0.15, 0.2) is 0 Å². The molecule has 0 radical (unpaired) electrons. The predicted molar refractivity (Wildman–Crippen MR) is 95.7 cm³/mol. The first-order valence-electron chi connectivity index (χ1n) is 9.04. The van der Waals surface area contributed by atoms with E-state index < -0.39 is 0 Å². The van der Waals surface area contributed by atoms with E-state index >= 15 is 0 Å². The molecule has 0 unspecified atom stereocenters. The Morgan fingerprint density at radius 1 is 0.571 bits per heavy atom. The maximum absolute atomic E-state index is 8.44. The van der Waals surface area contributed by atoms with Gasteiger partial charge in [-0.3, -0.25) is 0 Å². The highest BCUT2D eigenvalue weighted by molar-refractivity contribution is 5.09. The van der Waals surface area contributed by atoms with Crippen LogP contribution in [0.25, 0.3) is 0 Å². The van der Waals surface area contributed by atoms with E-state index in [4.69, 9.17) is 5.11 Å². The largest absolute Gasteiger partial charge is 0.516 e. The highest BCUT2D eigenvalue weighted by Crippen LogP contribution is 2.12. The number of allylic oxidation sites excluding steroid dienone is 5. The molecule has 0 spiro atoms. The summed E-state index contributed by atoms with van der Waals surface area (Å²) in [5.74, 6) is 0. The zero-order valence-corrected chi connectivity index (χ0v) is 14.1. The van der Waals surface area contributed by atoms with Crippen LogP contribution in [-0.2, 0) is 0 Å². The van der Waals surface area contributed by atoms with Gasteiger partial charge in [0.25, 0.3) is 0 Å². The van der Waals surface area contributed by atoms with Gasteiger partial charge in [0.1, 0.15) is 0 Å². The fraction of sp³-hybridized carbons (Fsp3) is 0.700. The molecule has 0 bridgehead atoms. The quantitative estimate of drug-likeness (QED) is 0.191. The number of hydrogen-bond acceptors (Lipinski definition) is 1. The van der Waals surface area contributed by atoms with Gasteiger partial charge >= 0.3 is 0 Å². The fourth-order valence-electron chi connectivity index (χ4n) is 2.46. The lowest BCUT2D eigenvalue weighted by atomic mass is 10.0. The lowest BCUT2D eigenvalue weighted by molar-refractivity contribution is 0.474. The highest BCUT2D eigenvalue weighted by atomic mass is 16.2. The van der Waals surface area contributed by atoms with E-state index in [2.05, 4.69) is 19.1 Å². The number of aliphatic hydroxyl groups excluding tert-OH is 1. The first-order chi connectivity index (χ1) is 10.4. The molecule has 21 heavy (non-hydrogen) atoms. The van der Waals surface area contributed by atoms with E-state index in [0.717, 1.165) is 6.26 Å². The summed E-state index contributed by atoms with van der Waals surface area (Å²) in [6.45, 7) is 2.28. The van der Waals surface area contributed by atoms with Crippen LogP contribution in [0.15, 0.2) is 36.6 Å². The Morgan fingerprint density at radius 2 is 1.05 bits per heavy atom. The first kappa shape index (κ1) is 20.0. The third-order valence-corrected chi connectivity index (χ3v) is 3.78. The lowest BCUT2D eigenvalue weighted by Gasteiger charge is -2.02. The van der Waals surface area contributed by atoms with Crippen LogP contribution < -0.4 is 0 Å². The Balaban J connectivity index is 3.09. The molecular weight excluding hydrogens is 256 g/mol. The number of hydrogen-bond donors (Lipinski definition) is 1. The van der Waals surface area contributed by atoms with Gasteiger partial charge in [0, 0.05) is 0 Å². The zero-order valence-electron chi connectivity index (χ0n) is 14.1. The molecule has 0 aliphatic carbocycles. The molecule has 0 aromatic heterocycles. The molecule has 0 aromatic carbocycles. The molecule has 1 nitrogen and oxygen atoms in total. The zero-order chi connectivity index (χ0) is 15.4. The lowest BCUT2D eigenvalue weighted by Crippen LogP contribution is -1.82. The molecule has 0 amide bonds. The van der Waals surface area contributed by atoms with E-state index in [1.165, 1.54) is 83.5 Å². The van der Waals surface area contributed by atoms with E-state index in [9.17, 15) is 0 Å². The van der Waals surface area contributed by atoms with E-state index in [-0.39, 0.29) is 0 Å².